The molecule has 1 N–H and O–H groups in total. The molecule has 4 heterocycles. The average molecular weight is 484 g/mol. The Balaban J connectivity index is 0.00000289. The van der Waals surface area contributed by atoms with E-state index in [1.165, 1.54) is 25.4 Å². The maximum atomic E-state index is 13.0. The number of methoxy groups -OCH3 is 1. The quantitative estimate of drug-likeness (QED) is 0.295. The number of carbonyl (C=O) groups is 1. The molecule has 0 atom stereocenters. The van der Waals surface area contributed by atoms with Gasteiger partial charge in [-0.1, -0.05) is 23.3 Å². The second-order valence-corrected chi connectivity index (χ2v) is 8.07. The molecule has 0 saturated carbocycles. The van der Waals surface area contributed by atoms with Crippen LogP contribution in [-0.4, -0.2) is 53.0 Å². The Hall–Kier alpha value is -1.82. The number of hydrogen-bond donors (Lipinski definition) is 1. The molecular weight excluding hydrogens is 465 g/mol. The Morgan fingerprint density at radius 3 is 2.88 bits per heavy atom. The van der Waals surface area contributed by atoms with Gasteiger partial charge in [-0.15, -0.1) is 11.5 Å². The van der Waals surface area contributed by atoms with E-state index in [1.807, 2.05) is 6.92 Å². The molecule has 12 heteroatoms. The maximum absolute atomic E-state index is 13.0. The Bertz CT molecular complexity index is 1090. The first kappa shape index (κ1) is 24.8. The number of aryl methyl sites for hydroxylation is 1. The Morgan fingerprint density at radius 2 is 2.12 bits per heavy atom. The van der Waals surface area contributed by atoms with Gasteiger partial charge in [0.2, 0.25) is 5.13 Å². The van der Waals surface area contributed by atoms with Crippen molar-refractivity contribution in [2.24, 2.45) is 0 Å². The third kappa shape index (κ3) is 5.94. The van der Waals surface area contributed by atoms with Crippen LogP contribution >= 0.6 is 22.9 Å². The van der Waals surface area contributed by atoms with Crippen LogP contribution in [0.4, 0.5) is 5.13 Å². The van der Waals surface area contributed by atoms with E-state index >= 15 is 0 Å². The molecule has 0 spiro atoms. The summed E-state index contributed by atoms with van der Waals surface area (Å²) in [6, 6.07) is 3.44. The minimum atomic E-state index is -0.390. The molecule has 0 unspecified atom stereocenters. The number of pyridine rings is 2. The molecule has 1 aliphatic rings. The fourth-order valence-corrected chi connectivity index (χ4v) is 3.77. The number of carbonyl (C=O) groups excluding carboxylic acids is 1. The van der Waals surface area contributed by atoms with Gasteiger partial charge in [-0.25, -0.2) is 10.9 Å². The normalized spacial score (nSPS) is 13.5. The summed E-state index contributed by atoms with van der Waals surface area (Å²) in [5, 5.41) is 11.7. The second-order valence-electron chi connectivity index (χ2n) is 6.75. The maximum Gasteiger partial charge on any atom is 1.00 e. The van der Waals surface area contributed by atoms with Gasteiger partial charge >= 0.3 is 29.6 Å². The molecule has 32 heavy (non-hydrogen) atoms. The molecule has 3 aromatic heterocycles. The number of amides is 1. The van der Waals surface area contributed by atoms with Gasteiger partial charge in [0.05, 0.1) is 18.9 Å². The topological polar surface area (TPSA) is 108 Å². The predicted octanol–water partition coefficient (Wildman–Crippen LogP) is 0.595. The number of ether oxygens (including phenoxy) is 3. The number of nitrogens with one attached hydrogen (secondary N) is 1. The van der Waals surface area contributed by atoms with Crippen molar-refractivity contribution in [2.45, 2.75) is 13.3 Å². The third-order valence-corrected chi connectivity index (χ3v) is 5.52. The number of nitrogens with zero attached hydrogens (tertiary/aromatic N) is 4. The van der Waals surface area contributed by atoms with Gasteiger partial charge in [-0.2, -0.15) is 0 Å². The van der Waals surface area contributed by atoms with Crippen LogP contribution in [0.3, 0.4) is 0 Å². The van der Waals surface area contributed by atoms with Crippen LogP contribution in [0.15, 0.2) is 24.5 Å². The molecule has 0 aromatic carbocycles. The molecule has 1 fully saturated rings. The molecule has 0 aliphatic carbocycles. The largest absolute Gasteiger partial charge is 1.00 e. The van der Waals surface area contributed by atoms with E-state index in [1.54, 1.807) is 12.1 Å². The summed E-state index contributed by atoms with van der Waals surface area (Å²) in [6.45, 7) is 3.59. The summed E-state index contributed by atoms with van der Waals surface area (Å²) >= 11 is 7.23. The summed E-state index contributed by atoms with van der Waals surface area (Å²) in [4.78, 5) is 21.3. The first-order chi connectivity index (χ1) is 15.0. The molecule has 0 bridgehead atoms. The Kier molecular flexibility index (Phi) is 8.80. The molecule has 1 amide bonds. The number of aromatic nitrogens is 4. The average Bonchev–Trinajstić information content (AvgIpc) is 3.44. The Morgan fingerprint density at radius 1 is 1.28 bits per heavy atom. The summed E-state index contributed by atoms with van der Waals surface area (Å²) < 4.78 is 16.3. The molecule has 9 nitrogen and oxygen atoms in total. The SMILES string of the molecule is COc1cnc(Cl)cc1-c1cc(C)ncc1C(=O)Nc1nnc(OC[C-]2CCOC2)s1.[Na+]. The number of rotatable bonds is 7. The van der Waals surface area contributed by atoms with Gasteiger partial charge in [-0.05, 0) is 37.0 Å². The van der Waals surface area contributed by atoms with Crippen molar-refractivity contribution >= 4 is 34.0 Å². The van der Waals surface area contributed by atoms with Crippen LogP contribution in [0.2, 0.25) is 5.15 Å². The van der Waals surface area contributed by atoms with Crippen molar-refractivity contribution < 1.29 is 48.6 Å². The van der Waals surface area contributed by atoms with Gasteiger partial charge in [-0.3, -0.25) is 15.1 Å². The van der Waals surface area contributed by atoms with Crippen LogP contribution < -0.4 is 44.3 Å². The number of anilines is 1. The van der Waals surface area contributed by atoms with E-state index in [0.29, 0.717) is 46.0 Å². The van der Waals surface area contributed by atoms with Gasteiger partial charge in [0.15, 0.2) is 0 Å². The van der Waals surface area contributed by atoms with Crippen LogP contribution in [0.25, 0.3) is 11.1 Å². The van der Waals surface area contributed by atoms with E-state index in [4.69, 9.17) is 25.8 Å². The zero-order chi connectivity index (χ0) is 21.8. The van der Waals surface area contributed by atoms with Gasteiger partial charge in [0.25, 0.3) is 11.1 Å². The molecule has 3 aromatic rings. The molecule has 1 saturated heterocycles. The number of halogens is 1. The summed E-state index contributed by atoms with van der Waals surface area (Å²) in [5.74, 6) is 1.27. The minimum absolute atomic E-state index is 0. The van der Waals surface area contributed by atoms with Gasteiger partial charge < -0.3 is 14.2 Å². The van der Waals surface area contributed by atoms with Crippen LogP contribution in [0.5, 0.6) is 10.9 Å². The Labute approximate surface area is 216 Å². The fraction of sp³-hybridized carbons (Fsp3) is 0.300. The van der Waals surface area contributed by atoms with Crippen LogP contribution in [0, 0.1) is 12.8 Å². The van der Waals surface area contributed by atoms with Crippen molar-refractivity contribution in [2.75, 3.05) is 32.2 Å². The van der Waals surface area contributed by atoms with Crippen molar-refractivity contribution in [1.82, 2.24) is 20.2 Å². The zero-order valence-electron chi connectivity index (χ0n) is 17.8. The third-order valence-electron chi connectivity index (χ3n) is 4.56. The fourth-order valence-electron chi connectivity index (χ4n) is 3.02. The first-order valence-electron chi connectivity index (χ1n) is 9.39. The number of hydrogen-bond acceptors (Lipinski definition) is 9. The molecular formula is C20H19ClN5NaO4S. The standard InChI is InChI=1S/C20H19ClN5O4S.Na/c1-11-5-13(14-6-17(21)23-8-16(14)28-2)15(7-22-11)18(27)24-19-25-26-20(31-19)30-10-12-3-4-29-9-12;/h5-8H,3-4,9-10H2,1-2H3,(H,24,25,27);/q-1;+1. The minimum Gasteiger partial charge on any atom is -0.501 e. The van der Waals surface area contributed by atoms with Crippen molar-refractivity contribution in [3.8, 4) is 22.1 Å². The van der Waals surface area contributed by atoms with Crippen molar-refractivity contribution in [3.05, 3.63) is 46.9 Å². The summed E-state index contributed by atoms with van der Waals surface area (Å²) in [7, 11) is 1.53. The predicted molar refractivity (Wildman–Crippen MR) is 116 cm³/mol. The summed E-state index contributed by atoms with van der Waals surface area (Å²) in [5.41, 5.74) is 2.32. The first-order valence-corrected chi connectivity index (χ1v) is 10.6. The zero-order valence-corrected chi connectivity index (χ0v) is 21.4. The van der Waals surface area contributed by atoms with Crippen molar-refractivity contribution in [3.63, 3.8) is 0 Å². The second kappa shape index (κ2) is 11.4. The molecule has 1 aliphatic heterocycles. The van der Waals surface area contributed by atoms with Gasteiger partial charge in [0.1, 0.15) is 10.9 Å². The molecule has 162 valence electrons. The molecule has 4 rings (SSSR count). The van der Waals surface area contributed by atoms with Crippen LogP contribution in [0.1, 0.15) is 22.5 Å². The van der Waals surface area contributed by atoms with E-state index in [2.05, 4.69) is 25.5 Å². The van der Waals surface area contributed by atoms with Crippen LogP contribution in [-0.2, 0) is 4.74 Å². The van der Waals surface area contributed by atoms with E-state index in [9.17, 15) is 4.79 Å². The summed E-state index contributed by atoms with van der Waals surface area (Å²) in [6.07, 6.45) is 3.90. The van der Waals surface area contributed by atoms with E-state index < -0.39 is 5.91 Å². The smallest absolute Gasteiger partial charge is 0.501 e. The van der Waals surface area contributed by atoms with E-state index in [-0.39, 0.29) is 34.7 Å². The van der Waals surface area contributed by atoms with E-state index in [0.717, 1.165) is 30.1 Å². The van der Waals surface area contributed by atoms with Gasteiger partial charge in [0, 0.05) is 29.6 Å². The monoisotopic (exact) mass is 483 g/mol. The molecule has 0 radical (unpaired) electrons. The van der Waals surface area contributed by atoms with Crippen molar-refractivity contribution in [1.29, 1.82) is 0 Å².